The largest absolute Gasteiger partial charge is 0.421 e. The molecule has 8 nitrogen and oxygen atoms in total. The minimum absolute atomic E-state index is 0.0485. The number of hydrogen-bond acceptors (Lipinski definition) is 6. The van der Waals surface area contributed by atoms with E-state index in [0.29, 0.717) is 5.82 Å². The number of anilines is 3. The molecule has 1 atom stereocenters. The van der Waals surface area contributed by atoms with Crippen molar-refractivity contribution in [1.29, 1.82) is 0 Å². The average Bonchev–Trinajstić information content (AvgIpc) is 3.38. The summed E-state index contributed by atoms with van der Waals surface area (Å²) in [5.41, 5.74) is -0.459. The SMILES string of the molecule is BC(B)(B)n1nc(C2(C)CCn3ccnc32)cc1Nc1ncc(C(F)(F)F)c(NC)n1. The highest BCUT2D eigenvalue weighted by atomic mass is 19.4. The lowest BCUT2D eigenvalue weighted by Gasteiger charge is -2.24. The number of aromatic nitrogens is 6. The Morgan fingerprint density at radius 1 is 1.19 bits per heavy atom. The summed E-state index contributed by atoms with van der Waals surface area (Å²) in [6, 6.07) is 1.90. The van der Waals surface area contributed by atoms with E-state index >= 15 is 0 Å². The first-order valence-electron chi connectivity index (χ1n) is 9.95. The number of aryl methyl sites for hydroxylation is 1. The molecule has 0 saturated carbocycles. The first kappa shape index (κ1) is 21.3. The summed E-state index contributed by atoms with van der Waals surface area (Å²) in [7, 11) is 7.39. The second-order valence-corrected chi connectivity index (χ2v) is 8.85. The Kier molecular flexibility index (Phi) is 4.86. The lowest BCUT2D eigenvalue weighted by molar-refractivity contribution is -0.137. The van der Waals surface area contributed by atoms with Gasteiger partial charge in [-0.25, -0.2) is 9.97 Å². The first-order valence-corrected chi connectivity index (χ1v) is 9.95. The van der Waals surface area contributed by atoms with E-state index in [-0.39, 0.29) is 22.4 Å². The third kappa shape index (κ3) is 3.68. The van der Waals surface area contributed by atoms with E-state index in [4.69, 9.17) is 5.10 Å². The predicted molar refractivity (Wildman–Crippen MR) is 119 cm³/mol. The smallest absolute Gasteiger partial charge is 0.372 e. The standard InChI is InChI=1S/C17H22B3F3N8/c1-15(3-5-30-6-4-25-13(15)30)10-7-11(31(29-10)17(18,19)20)27-14-26-8-9(16(21,22)23)12(24-2)28-14/h4,6-8H,3,5,18-20H2,1-2H3,(H2,24,26,27,28). The van der Waals surface area contributed by atoms with Gasteiger partial charge in [-0.05, 0) is 18.6 Å². The third-order valence-corrected chi connectivity index (χ3v) is 5.54. The van der Waals surface area contributed by atoms with Crippen molar-refractivity contribution in [1.82, 2.24) is 29.3 Å². The van der Waals surface area contributed by atoms with Crippen LogP contribution in [-0.2, 0) is 23.4 Å². The van der Waals surface area contributed by atoms with Crippen LogP contribution in [0.1, 0.15) is 30.4 Å². The van der Waals surface area contributed by atoms with Gasteiger partial charge < -0.3 is 15.2 Å². The molecule has 3 aromatic rings. The fourth-order valence-corrected chi connectivity index (χ4v) is 3.87. The molecule has 160 valence electrons. The van der Waals surface area contributed by atoms with Crippen molar-refractivity contribution in [2.24, 2.45) is 0 Å². The topological polar surface area (TPSA) is 85.5 Å². The third-order valence-electron chi connectivity index (χ3n) is 5.54. The monoisotopic (exact) mass is 428 g/mol. The zero-order valence-electron chi connectivity index (χ0n) is 18.0. The van der Waals surface area contributed by atoms with Gasteiger partial charge in [0.2, 0.25) is 5.95 Å². The molecule has 0 fully saturated rings. The van der Waals surface area contributed by atoms with E-state index in [1.165, 1.54) is 7.05 Å². The molecule has 31 heavy (non-hydrogen) atoms. The fourth-order valence-electron chi connectivity index (χ4n) is 3.87. The van der Waals surface area contributed by atoms with Gasteiger partial charge in [-0.2, -0.15) is 23.3 Å². The number of hydrogen-bond donors (Lipinski definition) is 2. The van der Waals surface area contributed by atoms with Crippen molar-refractivity contribution in [2.45, 2.75) is 36.7 Å². The maximum Gasteiger partial charge on any atom is 0.421 e. The highest BCUT2D eigenvalue weighted by Crippen LogP contribution is 2.40. The van der Waals surface area contributed by atoms with E-state index in [0.717, 1.165) is 30.7 Å². The van der Waals surface area contributed by atoms with Gasteiger partial charge >= 0.3 is 6.18 Å². The van der Waals surface area contributed by atoms with Gasteiger partial charge in [-0.15, -0.1) is 0 Å². The van der Waals surface area contributed by atoms with Crippen molar-refractivity contribution in [3.05, 3.63) is 41.7 Å². The molecular weight excluding hydrogens is 406 g/mol. The van der Waals surface area contributed by atoms with Crippen molar-refractivity contribution in [3.8, 4) is 0 Å². The van der Waals surface area contributed by atoms with Gasteiger partial charge in [0.1, 0.15) is 46.6 Å². The van der Waals surface area contributed by atoms with Crippen molar-refractivity contribution in [3.63, 3.8) is 0 Å². The summed E-state index contributed by atoms with van der Waals surface area (Å²) in [6.45, 7) is 2.95. The molecule has 0 bridgehead atoms. The molecule has 0 aliphatic carbocycles. The highest BCUT2D eigenvalue weighted by molar-refractivity contribution is 6.56. The maximum atomic E-state index is 13.2. The lowest BCUT2D eigenvalue weighted by atomic mass is 9.49. The van der Waals surface area contributed by atoms with Crippen LogP contribution in [0.25, 0.3) is 0 Å². The molecule has 4 heterocycles. The van der Waals surface area contributed by atoms with Crippen molar-refractivity contribution < 1.29 is 13.2 Å². The molecule has 2 N–H and O–H groups in total. The molecule has 4 rings (SSSR count). The Balaban J connectivity index is 1.74. The molecule has 3 aromatic heterocycles. The molecule has 14 heteroatoms. The van der Waals surface area contributed by atoms with E-state index in [1.807, 2.05) is 35.8 Å². The van der Waals surface area contributed by atoms with Crippen LogP contribution in [0, 0.1) is 0 Å². The van der Waals surface area contributed by atoms with Gasteiger partial charge in [-0.1, -0.05) is 0 Å². The molecule has 0 spiro atoms. The fraction of sp³-hybridized carbons (Fsp3) is 0.412. The van der Waals surface area contributed by atoms with Crippen molar-refractivity contribution in [2.75, 3.05) is 17.7 Å². The Labute approximate surface area is 180 Å². The van der Waals surface area contributed by atoms with Gasteiger partial charge in [0.15, 0.2) is 0 Å². The molecular formula is C17H22B3F3N8. The maximum absolute atomic E-state index is 13.2. The zero-order chi connectivity index (χ0) is 22.6. The molecule has 0 amide bonds. The van der Waals surface area contributed by atoms with Gasteiger partial charge in [0.25, 0.3) is 0 Å². The van der Waals surface area contributed by atoms with Crippen LogP contribution in [0.3, 0.4) is 0 Å². The van der Waals surface area contributed by atoms with Crippen LogP contribution in [0.4, 0.5) is 30.8 Å². The second-order valence-electron chi connectivity index (χ2n) is 8.85. The Bertz CT molecular complexity index is 1120. The van der Waals surface area contributed by atoms with Crippen LogP contribution in [0.2, 0.25) is 0 Å². The molecule has 1 unspecified atom stereocenters. The van der Waals surface area contributed by atoms with E-state index < -0.39 is 11.7 Å². The molecule has 1 aliphatic heterocycles. The van der Waals surface area contributed by atoms with E-state index in [2.05, 4.69) is 37.1 Å². The number of rotatable bonds is 5. The van der Waals surface area contributed by atoms with Crippen LogP contribution < -0.4 is 10.6 Å². The number of fused-ring (bicyclic) bond motifs is 1. The van der Waals surface area contributed by atoms with Crippen LogP contribution in [0.5, 0.6) is 0 Å². The second kappa shape index (κ2) is 7.06. The molecule has 0 saturated heterocycles. The number of alkyl halides is 3. The van der Waals surface area contributed by atoms with Crippen LogP contribution >= 0.6 is 0 Å². The Morgan fingerprint density at radius 3 is 2.58 bits per heavy atom. The van der Waals surface area contributed by atoms with Crippen LogP contribution in [0.15, 0.2) is 24.7 Å². The summed E-state index contributed by atoms with van der Waals surface area (Å²) < 4.78 is 43.4. The number of nitrogens with zero attached hydrogens (tertiary/aromatic N) is 6. The Morgan fingerprint density at radius 2 is 1.94 bits per heavy atom. The lowest BCUT2D eigenvalue weighted by Crippen LogP contribution is -2.37. The number of imidazole rings is 1. The quantitative estimate of drug-likeness (QED) is 0.551. The Hall–Kier alpha value is -2.92. The van der Waals surface area contributed by atoms with Crippen LogP contribution in [-0.4, -0.2) is 59.9 Å². The van der Waals surface area contributed by atoms with E-state index in [9.17, 15) is 13.2 Å². The normalized spacial score (nSPS) is 18.7. The summed E-state index contributed by atoms with van der Waals surface area (Å²) in [5.74, 6) is 1.29. The van der Waals surface area contributed by atoms with Gasteiger partial charge in [0, 0.05) is 38.2 Å². The molecule has 1 aliphatic rings. The van der Waals surface area contributed by atoms with Gasteiger partial charge in [0.05, 0.1) is 11.1 Å². The van der Waals surface area contributed by atoms with E-state index in [1.54, 1.807) is 10.9 Å². The highest BCUT2D eigenvalue weighted by Gasteiger charge is 2.41. The molecule has 0 radical (unpaired) electrons. The summed E-state index contributed by atoms with van der Waals surface area (Å²) >= 11 is 0. The number of halogens is 3. The van der Waals surface area contributed by atoms with Crippen molar-refractivity contribution >= 4 is 41.1 Å². The summed E-state index contributed by atoms with van der Waals surface area (Å²) in [5, 5.41) is 10.0. The molecule has 0 aromatic carbocycles. The predicted octanol–water partition coefficient (Wildman–Crippen LogP) is -0.150. The minimum atomic E-state index is -4.55. The zero-order valence-corrected chi connectivity index (χ0v) is 18.0. The summed E-state index contributed by atoms with van der Waals surface area (Å²) in [6.07, 6.45) is 0.820. The first-order chi connectivity index (χ1) is 14.4. The summed E-state index contributed by atoms with van der Waals surface area (Å²) in [4.78, 5) is 12.4. The number of nitrogens with one attached hydrogen (secondary N) is 2. The van der Waals surface area contributed by atoms with Gasteiger partial charge in [-0.3, -0.25) is 4.68 Å². The minimum Gasteiger partial charge on any atom is -0.372 e. The average molecular weight is 428 g/mol.